The van der Waals surface area contributed by atoms with Crippen molar-refractivity contribution in [3.05, 3.63) is 41.7 Å². The van der Waals surface area contributed by atoms with Crippen LogP contribution < -0.4 is 15.0 Å². The van der Waals surface area contributed by atoms with Gasteiger partial charge in [-0.15, -0.1) is 0 Å². The van der Waals surface area contributed by atoms with Gasteiger partial charge >= 0.3 is 0 Å². The number of nitrogens with one attached hydrogen (secondary N) is 1. The smallest absolute Gasteiger partial charge is 0.134 e. The van der Waals surface area contributed by atoms with Crippen LogP contribution in [0.5, 0.6) is 5.75 Å². The fraction of sp³-hybridized carbons (Fsp3) is 0.474. The molecule has 0 bridgehead atoms. The highest BCUT2D eigenvalue weighted by molar-refractivity contribution is 5.49. The Morgan fingerprint density at radius 2 is 2.00 bits per heavy atom. The number of ether oxygens (including phenoxy) is 1. The predicted octanol–water partition coefficient (Wildman–Crippen LogP) is 3.79. The van der Waals surface area contributed by atoms with E-state index in [1.807, 2.05) is 12.1 Å². The quantitative estimate of drug-likeness (QED) is 0.839. The third-order valence-electron chi connectivity index (χ3n) is 4.33. The van der Waals surface area contributed by atoms with Gasteiger partial charge in [-0.1, -0.05) is 13.0 Å². The molecule has 0 aliphatic carbocycles. The Balaban J connectivity index is 1.62. The minimum absolute atomic E-state index is 0.746. The summed E-state index contributed by atoms with van der Waals surface area (Å²) in [4.78, 5) is 11.0. The maximum absolute atomic E-state index is 5.68. The van der Waals surface area contributed by atoms with Crippen LogP contribution in [0.25, 0.3) is 0 Å². The van der Waals surface area contributed by atoms with Gasteiger partial charge in [-0.2, -0.15) is 0 Å². The van der Waals surface area contributed by atoms with Crippen molar-refractivity contribution in [3.63, 3.8) is 0 Å². The van der Waals surface area contributed by atoms with Crippen molar-refractivity contribution in [1.29, 1.82) is 0 Å². The van der Waals surface area contributed by atoms with E-state index in [2.05, 4.69) is 46.2 Å². The molecule has 5 heteroatoms. The van der Waals surface area contributed by atoms with Crippen LogP contribution in [0.3, 0.4) is 0 Å². The van der Waals surface area contributed by atoms with Crippen molar-refractivity contribution in [2.75, 3.05) is 29.9 Å². The first-order valence-corrected chi connectivity index (χ1v) is 8.79. The summed E-state index contributed by atoms with van der Waals surface area (Å²) in [6, 6.07) is 8.30. The lowest BCUT2D eigenvalue weighted by atomic mass is 10.1. The lowest BCUT2D eigenvalue weighted by Gasteiger charge is -2.17. The van der Waals surface area contributed by atoms with Crippen molar-refractivity contribution in [2.45, 2.75) is 39.7 Å². The molecule has 0 spiro atoms. The van der Waals surface area contributed by atoms with E-state index in [-0.39, 0.29) is 0 Å². The van der Waals surface area contributed by atoms with Crippen molar-refractivity contribution in [3.8, 4) is 5.75 Å². The van der Waals surface area contributed by atoms with Gasteiger partial charge in [0.15, 0.2) is 0 Å². The number of hydrogen-bond acceptors (Lipinski definition) is 5. The molecule has 3 rings (SSSR count). The highest BCUT2D eigenvalue weighted by atomic mass is 16.5. The summed E-state index contributed by atoms with van der Waals surface area (Å²) in [7, 11) is 0. The molecule has 0 saturated carbocycles. The molecule has 1 aliphatic heterocycles. The third kappa shape index (κ3) is 4.16. The van der Waals surface area contributed by atoms with Crippen LogP contribution in [0.1, 0.15) is 37.3 Å². The van der Waals surface area contributed by atoms with Gasteiger partial charge in [-0.3, -0.25) is 0 Å². The monoisotopic (exact) mass is 326 g/mol. The summed E-state index contributed by atoms with van der Waals surface area (Å²) in [5.74, 6) is 2.83. The zero-order chi connectivity index (χ0) is 16.8. The molecular formula is C19H26N4O. The Morgan fingerprint density at radius 1 is 1.17 bits per heavy atom. The Hall–Kier alpha value is -2.30. The predicted molar refractivity (Wildman–Crippen MR) is 97.8 cm³/mol. The van der Waals surface area contributed by atoms with Gasteiger partial charge in [-0.25, -0.2) is 9.97 Å². The highest BCUT2D eigenvalue weighted by Gasteiger charge is 2.14. The standard InChI is InChI=1S/C19H26N4O/c1-3-10-24-17-7-6-16(15(2)11-17)13-20-18-12-19(22-14-21-18)23-8-4-5-9-23/h6-7,11-12,14H,3-5,8-10,13H2,1-2H3,(H,20,21,22). The number of aryl methyl sites for hydroxylation is 1. The van der Waals surface area contributed by atoms with Gasteiger partial charge < -0.3 is 15.0 Å². The lowest BCUT2D eigenvalue weighted by molar-refractivity contribution is 0.317. The Bertz CT molecular complexity index is 668. The molecule has 1 saturated heterocycles. The van der Waals surface area contributed by atoms with Gasteiger partial charge in [-0.05, 0) is 49.4 Å². The van der Waals surface area contributed by atoms with E-state index in [1.54, 1.807) is 6.33 Å². The van der Waals surface area contributed by atoms with E-state index in [9.17, 15) is 0 Å². The molecule has 2 heterocycles. The molecular weight excluding hydrogens is 300 g/mol. The largest absolute Gasteiger partial charge is 0.494 e. The summed E-state index contributed by atoms with van der Waals surface area (Å²) in [6.07, 6.45) is 5.16. The third-order valence-corrected chi connectivity index (χ3v) is 4.33. The first kappa shape index (κ1) is 16.6. The maximum Gasteiger partial charge on any atom is 0.134 e. The van der Waals surface area contributed by atoms with E-state index < -0.39 is 0 Å². The van der Waals surface area contributed by atoms with E-state index in [1.165, 1.54) is 24.0 Å². The average molecular weight is 326 g/mol. The molecule has 1 aromatic carbocycles. The molecule has 1 N–H and O–H groups in total. The zero-order valence-electron chi connectivity index (χ0n) is 14.6. The van der Waals surface area contributed by atoms with Crippen LogP contribution in [0.15, 0.2) is 30.6 Å². The van der Waals surface area contributed by atoms with E-state index in [4.69, 9.17) is 4.74 Å². The van der Waals surface area contributed by atoms with Crippen LogP contribution in [-0.4, -0.2) is 29.7 Å². The topological polar surface area (TPSA) is 50.3 Å². The molecule has 2 aromatic rings. The highest BCUT2D eigenvalue weighted by Crippen LogP contribution is 2.21. The van der Waals surface area contributed by atoms with Crippen LogP contribution in [-0.2, 0) is 6.54 Å². The van der Waals surface area contributed by atoms with Crippen molar-refractivity contribution < 1.29 is 4.74 Å². The van der Waals surface area contributed by atoms with E-state index in [0.29, 0.717) is 0 Å². The molecule has 24 heavy (non-hydrogen) atoms. The molecule has 128 valence electrons. The summed E-state index contributed by atoms with van der Waals surface area (Å²) < 4.78 is 5.68. The molecule has 5 nitrogen and oxygen atoms in total. The lowest BCUT2D eigenvalue weighted by Crippen LogP contribution is -2.19. The van der Waals surface area contributed by atoms with Crippen molar-refractivity contribution in [1.82, 2.24) is 9.97 Å². The summed E-state index contributed by atoms with van der Waals surface area (Å²) in [6.45, 7) is 7.92. The number of rotatable bonds is 7. The number of anilines is 2. The van der Waals surface area contributed by atoms with E-state index >= 15 is 0 Å². The Labute approximate surface area is 144 Å². The minimum atomic E-state index is 0.746. The first-order valence-electron chi connectivity index (χ1n) is 8.79. The molecule has 0 amide bonds. The molecule has 1 fully saturated rings. The number of hydrogen-bond donors (Lipinski definition) is 1. The molecule has 1 aromatic heterocycles. The van der Waals surface area contributed by atoms with Crippen molar-refractivity contribution in [2.24, 2.45) is 0 Å². The molecule has 0 unspecified atom stereocenters. The number of aromatic nitrogens is 2. The summed E-state index contributed by atoms with van der Waals surface area (Å²) in [5, 5.41) is 3.41. The normalized spacial score (nSPS) is 14.0. The SMILES string of the molecule is CCCOc1ccc(CNc2cc(N3CCCC3)ncn2)c(C)c1. The van der Waals surface area contributed by atoms with Crippen LogP contribution in [0.2, 0.25) is 0 Å². The maximum atomic E-state index is 5.68. The fourth-order valence-electron chi connectivity index (χ4n) is 2.93. The first-order chi connectivity index (χ1) is 11.8. The average Bonchev–Trinajstić information content (AvgIpc) is 3.14. The Kier molecular flexibility index (Phi) is 5.51. The number of benzene rings is 1. The van der Waals surface area contributed by atoms with Crippen LogP contribution >= 0.6 is 0 Å². The molecule has 0 radical (unpaired) electrons. The second kappa shape index (κ2) is 7.99. The molecule has 0 atom stereocenters. The number of nitrogens with zero attached hydrogens (tertiary/aromatic N) is 3. The second-order valence-electron chi connectivity index (χ2n) is 6.25. The van der Waals surface area contributed by atoms with Crippen LogP contribution in [0, 0.1) is 6.92 Å². The van der Waals surface area contributed by atoms with Gasteiger partial charge in [0.2, 0.25) is 0 Å². The molecule has 1 aliphatic rings. The van der Waals surface area contributed by atoms with Crippen molar-refractivity contribution >= 4 is 11.6 Å². The summed E-state index contributed by atoms with van der Waals surface area (Å²) >= 11 is 0. The van der Waals surface area contributed by atoms with Gasteiger partial charge in [0.1, 0.15) is 23.7 Å². The van der Waals surface area contributed by atoms with Crippen LogP contribution in [0.4, 0.5) is 11.6 Å². The Morgan fingerprint density at radius 3 is 2.75 bits per heavy atom. The summed E-state index contributed by atoms with van der Waals surface area (Å²) in [5.41, 5.74) is 2.48. The zero-order valence-corrected chi connectivity index (χ0v) is 14.6. The van der Waals surface area contributed by atoms with Gasteiger partial charge in [0.25, 0.3) is 0 Å². The second-order valence-corrected chi connectivity index (χ2v) is 6.25. The van der Waals surface area contributed by atoms with Gasteiger partial charge in [0.05, 0.1) is 6.61 Å². The fourth-order valence-corrected chi connectivity index (χ4v) is 2.93. The minimum Gasteiger partial charge on any atom is -0.494 e. The van der Waals surface area contributed by atoms with Gasteiger partial charge in [0, 0.05) is 25.7 Å². The van der Waals surface area contributed by atoms with E-state index in [0.717, 1.165) is 50.0 Å².